The molecule has 0 spiro atoms. The van der Waals surface area contributed by atoms with E-state index in [0.29, 0.717) is 5.69 Å². The van der Waals surface area contributed by atoms with Gasteiger partial charge in [-0.2, -0.15) is 5.26 Å². The Balaban J connectivity index is 2.10. The number of aryl methyl sites for hydroxylation is 3. The highest BCUT2D eigenvalue weighted by Crippen LogP contribution is 2.14. The largest absolute Gasteiger partial charge is 0.325 e. The van der Waals surface area contributed by atoms with E-state index >= 15 is 0 Å². The quantitative estimate of drug-likeness (QED) is 0.872. The Hall–Kier alpha value is -1.60. The number of rotatable bonds is 3. The van der Waals surface area contributed by atoms with Crippen molar-refractivity contribution in [2.75, 3.05) is 0 Å². The van der Waals surface area contributed by atoms with Gasteiger partial charge in [0.05, 0.1) is 12.0 Å². The van der Waals surface area contributed by atoms with E-state index in [1.807, 2.05) is 19.2 Å². The average Bonchev–Trinajstić information content (AvgIpc) is 2.67. The Morgan fingerprint density at radius 1 is 1.41 bits per heavy atom. The minimum absolute atomic E-state index is 0.653. The highest BCUT2D eigenvalue weighted by molar-refractivity contribution is 9.10. The van der Waals surface area contributed by atoms with Crippen LogP contribution in [0.5, 0.6) is 0 Å². The van der Waals surface area contributed by atoms with Crippen molar-refractivity contribution < 1.29 is 0 Å². The Kier molecular flexibility index (Phi) is 3.60. The van der Waals surface area contributed by atoms with E-state index in [4.69, 9.17) is 5.26 Å². The van der Waals surface area contributed by atoms with E-state index < -0.39 is 0 Å². The van der Waals surface area contributed by atoms with Gasteiger partial charge in [-0.25, -0.2) is 4.98 Å². The molecule has 0 unspecified atom stereocenters. The average molecular weight is 290 g/mol. The zero-order valence-electron chi connectivity index (χ0n) is 9.52. The molecule has 0 aliphatic carbocycles. The first-order valence-electron chi connectivity index (χ1n) is 5.35. The molecule has 0 aliphatic heterocycles. The fraction of sp³-hybridized carbons (Fsp3) is 0.231. The van der Waals surface area contributed by atoms with Crippen molar-refractivity contribution in [1.82, 2.24) is 9.55 Å². The summed E-state index contributed by atoms with van der Waals surface area (Å²) in [6, 6.07) is 10.4. The molecule has 0 N–H and O–H groups in total. The molecule has 1 heterocycles. The van der Waals surface area contributed by atoms with Gasteiger partial charge in [-0.05, 0) is 30.5 Å². The second kappa shape index (κ2) is 5.15. The summed E-state index contributed by atoms with van der Waals surface area (Å²) in [6.07, 6.45) is 3.38. The second-order valence-corrected chi connectivity index (χ2v) is 4.81. The van der Waals surface area contributed by atoms with Gasteiger partial charge in [0.25, 0.3) is 0 Å². The zero-order chi connectivity index (χ0) is 12.3. The number of benzene rings is 1. The molecule has 2 rings (SSSR count). The number of halogens is 1. The van der Waals surface area contributed by atoms with E-state index in [9.17, 15) is 0 Å². The molecule has 0 bridgehead atoms. The van der Waals surface area contributed by atoms with Crippen LogP contribution in [-0.2, 0) is 19.9 Å². The Labute approximate surface area is 109 Å². The molecule has 0 amide bonds. The van der Waals surface area contributed by atoms with Crippen LogP contribution in [0.1, 0.15) is 17.0 Å². The van der Waals surface area contributed by atoms with Gasteiger partial charge >= 0.3 is 0 Å². The summed E-state index contributed by atoms with van der Waals surface area (Å²) in [5, 5.41) is 9.01. The fourth-order valence-corrected chi connectivity index (χ4v) is 2.21. The minimum Gasteiger partial charge on any atom is -0.325 e. The van der Waals surface area contributed by atoms with Crippen LogP contribution in [0.3, 0.4) is 0 Å². The molecule has 2 aromatic rings. The van der Waals surface area contributed by atoms with E-state index in [0.717, 1.165) is 23.0 Å². The molecule has 0 saturated heterocycles. The van der Waals surface area contributed by atoms with Gasteiger partial charge in [-0.15, -0.1) is 0 Å². The topological polar surface area (TPSA) is 41.6 Å². The third-order valence-electron chi connectivity index (χ3n) is 2.66. The molecule has 0 aliphatic rings. The molecule has 1 aromatic carbocycles. The molecule has 3 nitrogen and oxygen atoms in total. The summed E-state index contributed by atoms with van der Waals surface area (Å²) in [6.45, 7) is 0. The first kappa shape index (κ1) is 11.9. The van der Waals surface area contributed by atoms with Crippen LogP contribution in [-0.4, -0.2) is 9.55 Å². The number of hydrogen-bond donors (Lipinski definition) is 0. The predicted octanol–water partition coefficient (Wildman–Crippen LogP) is 2.84. The van der Waals surface area contributed by atoms with Gasteiger partial charge in [-0.1, -0.05) is 28.1 Å². The van der Waals surface area contributed by atoms with Gasteiger partial charge < -0.3 is 4.57 Å². The third kappa shape index (κ3) is 2.75. The van der Waals surface area contributed by atoms with Crippen LogP contribution in [0.15, 0.2) is 35.1 Å². The summed E-state index contributed by atoms with van der Waals surface area (Å²) in [7, 11) is 1.84. The molecule has 1 aromatic heterocycles. The lowest BCUT2D eigenvalue weighted by molar-refractivity contribution is 0.883. The molecule has 0 fully saturated rings. The van der Waals surface area contributed by atoms with Crippen molar-refractivity contribution in [3.05, 3.63) is 52.0 Å². The monoisotopic (exact) mass is 289 g/mol. The molecular formula is C13H12BrN3. The lowest BCUT2D eigenvalue weighted by atomic mass is 10.1. The first-order valence-corrected chi connectivity index (χ1v) is 6.14. The van der Waals surface area contributed by atoms with E-state index in [2.05, 4.69) is 39.1 Å². The zero-order valence-corrected chi connectivity index (χ0v) is 11.1. The molecule has 17 heavy (non-hydrogen) atoms. The van der Waals surface area contributed by atoms with Gasteiger partial charge in [0.15, 0.2) is 0 Å². The lowest BCUT2D eigenvalue weighted by Crippen LogP contribution is -1.97. The molecule has 0 saturated carbocycles. The molecule has 0 atom stereocenters. The van der Waals surface area contributed by atoms with Gasteiger partial charge in [0.2, 0.25) is 0 Å². The Morgan fingerprint density at radius 2 is 2.24 bits per heavy atom. The van der Waals surface area contributed by atoms with Crippen molar-refractivity contribution in [2.24, 2.45) is 7.05 Å². The normalized spacial score (nSPS) is 10.2. The van der Waals surface area contributed by atoms with Crippen LogP contribution < -0.4 is 0 Å². The predicted molar refractivity (Wildman–Crippen MR) is 69.5 cm³/mol. The Bertz CT molecular complexity index is 566. The maximum atomic E-state index is 9.01. The summed E-state index contributed by atoms with van der Waals surface area (Å²) >= 11 is 3.45. The minimum atomic E-state index is 0.653. The number of hydrogen-bond acceptors (Lipinski definition) is 2. The Morgan fingerprint density at radius 3 is 2.94 bits per heavy atom. The van der Waals surface area contributed by atoms with Crippen molar-refractivity contribution in [3.63, 3.8) is 0 Å². The molecule has 0 radical (unpaired) electrons. The summed E-state index contributed by atoms with van der Waals surface area (Å²) < 4.78 is 2.84. The highest BCUT2D eigenvalue weighted by Gasteiger charge is 2.07. The number of nitrogens with zero attached hydrogens (tertiary/aromatic N) is 3. The SMILES string of the molecule is Cn1cnc(CCc2cccc(Br)c2)c1C#N. The van der Waals surface area contributed by atoms with Crippen LogP contribution in [0, 0.1) is 11.3 Å². The number of aromatic nitrogens is 2. The van der Waals surface area contributed by atoms with Crippen LogP contribution >= 0.6 is 15.9 Å². The number of nitriles is 1. The smallest absolute Gasteiger partial charge is 0.142 e. The summed E-state index contributed by atoms with van der Waals surface area (Å²) in [5.74, 6) is 0. The maximum Gasteiger partial charge on any atom is 0.142 e. The van der Waals surface area contributed by atoms with Crippen molar-refractivity contribution >= 4 is 15.9 Å². The molecule has 86 valence electrons. The van der Waals surface area contributed by atoms with E-state index in [-0.39, 0.29) is 0 Å². The molecular weight excluding hydrogens is 278 g/mol. The standard InChI is InChI=1S/C13H12BrN3/c1-17-9-16-12(13(17)8-15)6-5-10-3-2-4-11(14)7-10/h2-4,7,9H,5-6H2,1H3. The van der Waals surface area contributed by atoms with Crippen molar-refractivity contribution in [1.29, 1.82) is 5.26 Å². The summed E-state index contributed by atoms with van der Waals surface area (Å²) in [4.78, 5) is 4.25. The van der Waals surface area contributed by atoms with Crippen LogP contribution in [0.2, 0.25) is 0 Å². The third-order valence-corrected chi connectivity index (χ3v) is 3.15. The second-order valence-electron chi connectivity index (χ2n) is 3.89. The maximum absolute atomic E-state index is 9.01. The summed E-state index contributed by atoms with van der Waals surface area (Å²) in [5.41, 5.74) is 2.77. The van der Waals surface area contributed by atoms with Crippen LogP contribution in [0.25, 0.3) is 0 Å². The van der Waals surface area contributed by atoms with Crippen molar-refractivity contribution in [3.8, 4) is 6.07 Å². The molecule has 4 heteroatoms. The van der Waals surface area contributed by atoms with Gasteiger partial charge in [-0.3, -0.25) is 0 Å². The number of imidazole rings is 1. The van der Waals surface area contributed by atoms with E-state index in [1.54, 1.807) is 10.9 Å². The lowest BCUT2D eigenvalue weighted by Gasteiger charge is -2.01. The van der Waals surface area contributed by atoms with Gasteiger partial charge in [0, 0.05) is 11.5 Å². The van der Waals surface area contributed by atoms with Crippen molar-refractivity contribution in [2.45, 2.75) is 12.8 Å². The van der Waals surface area contributed by atoms with Crippen LogP contribution in [0.4, 0.5) is 0 Å². The van der Waals surface area contributed by atoms with Gasteiger partial charge in [0.1, 0.15) is 11.8 Å². The fourth-order valence-electron chi connectivity index (χ4n) is 1.76. The first-order chi connectivity index (χ1) is 8.20. The van der Waals surface area contributed by atoms with E-state index in [1.165, 1.54) is 5.56 Å². The highest BCUT2D eigenvalue weighted by atomic mass is 79.9.